The Balaban J connectivity index is 1.87. The highest BCUT2D eigenvalue weighted by atomic mass is 16.7. The molecule has 1 aliphatic heterocycles. The first-order valence-corrected chi connectivity index (χ1v) is 9.54. The molecule has 0 spiro atoms. The maximum Gasteiger partial charge on any atom is 0.344 e. The molecule has 0 radical (unpaired) electrons. The maximum atomic E-state index is 12.5. The third-order valence-corrected chi connectivity index (χ3v) is 5.33. The second-order valence-corrected chi connectivity index (χ2v) is 7.24. The molecule has 5 N–H and O–H groups in total. The minimum absolute atomic E-state index is 0.103. The molecule has 11 nitrogen and oxygen atoms in total. The highest BCUT2D eigenvalue weighted by Gasteiger charge is 2.44. The van der Waals surface area contributed by atoms with E-state index in [-0.39, 0.29) is 38.8 Å². The highest BCUT2D eigenvalue weighted by Crippen LogP contribution is 2.36. The third-order valence-electron chi connectivity index (χ3n) is 5.33. The van der Waals surface area contributed by atoms with Crippen LogP contribution >= 0.6 is 0 Å². The van der Waals surface area contributed by atoms with E-state index < -0.39 is 48.9 Å². The van der Waals surface area contributed by atoms with E-state index in [4.69, 9.17) is 18.6 Å². The van der Waals surface area contributed by atoms with E-state index in [0.29, 0.717) is 0 Å². The summed E-state index contributed by atoms with van der Waals surface area (Å²) >= 11 is 0. The lowest BCUT2D eigenvalue weighted by molar-refractivity contribution is -0.277. The molecule has 1 saturated heterocycles. The maximum absolute atomic E-state index is 12.5. The lowest BCUT2D eigenvalue weighted by atomic mass is 9.99. The van der Waals surface area contributed by atoms with Crippen LogP contribution in [0.3, 0.4) is 0 Å². The number of aliphatic hydroxyl groups is 4. The first-order chi connectivity index (χ1) is 15.3. The van der Waals surface area contributed by atoms with Crippen LogP contribution in [0.2, 0.25) is 0 Å². The van der Waals surface area contributed by atoms with Crippen LogP contribution in [0, 0.1) is 0 Å². The zero-order valence-electron chi connectivity index (χ0n) is 16.7. The van der Waals surface area contributed by atoms with Crippen molar-refractivity contribution >= 4 is 27.7 Å². The Morgan fingerprint density at radius 3 is 2.50 bits per heavy atom. The number of ether oxygens (including phenoxy) is 3. The summed E-state index contributed by atoms with van der Waals surface area (Å²) in [6.07, 6.45) is -7.75. The Kier molecular flexibility index (Phi) is 5.75. The van der Waals surface area contributed by atoms with Gasteiger partial charge in [-0.25, -0.2) is 9.59 Å². The molecule has 5 atom stereocenters. The monoisotopic (exact) mass is 448 g/mol. The average Bonchev–Trinajstić information content (AvgIpc) is 2.78. The fourth-order valence-corrected chi connectivity index (χ4v) is 3.75. The van der Waals surface area contributed by atoms with Crippen LogP contribution in [0.15, 0.2) is 39.5 Å². The van der Waals surface area contributed by atoms with E-state index in [0.717, 1.165) is 6.07 Å². The van der Waals surface area contributed by atoms with Gasteiger partial charge in [0.05, 0.1) is 24.7 Å². The van der Waals surface area contributed by atoms with Crippen LogP contribution in [-0.2, 0) is 4.74 Å². The number of aliphatic hydroxyl groups excluding tert-OH is 4. The number of hydrogen-bond acceptors (Lipinski definition) is 10. The Hall–Kier alpha value is -3.22. The number of rotatable bonds is 5. The van der Waals surface area contributed by atoms with Gasteiger partial charge in [-0.3, -0.25) is 0 Å². The summed E-state index contributed by atoms with van der Waals surface area (Å²) in [6, 6.07) is 6.99. The molecule has 1 aromatic heterocycles. The van der Waals surface area contributed by atoms with Gasteiger partial charge in [-0.1, -0.05) is 6.07 Å². The van der Waals surface area contributed by atoms with Gasteiger partial charge in [0.1, 0.15) is 41.5 Å². The molecule has 1 fully saturated rings. The van der Waals surface area contributed by atoms with Crippen LogP contribution in [-0.4, -0.2) is 75.9 Å². The van der Waals surface area contributed by atoms with Crippen LogP contribution in [0.25, 0.3) is 21.7 Å². The summed E-state index contributed by atoms with van der Waals surface area (Å²) in [5.74, 6) is -1.24. The van der Waals surface area contributed by atoms with Gasteiger partial charge in [0.15, 0.2) is 0 Å². The molecule has 2 heterocycles. The number of carbonyl (C=O) groups is 1. The Morgan fingerprint density at radius 2 is 1.84 bits per heavy atom. The fourth-order valence-electron chi connectivity index (χ4n) is 3.75. The molecule has 0 unspecified atom stereocenters. The van der Waals surface area contributed by atoms with Crippen molar-refractivity contribution in [3.05, 3.63) is 46.3 Å². The second-order valence-electron chi connectivity index (χ2n) is 7.24. The lowest BCUT2D eigenvalue weighted by Gasteiger charge is -2.39. The molecular formula is C21H20O11. The molecule has 0 saturated carbocycles. The van der Waals surface area contributed by atoms with Gasteiger partial charge in [0.2, 0.25) is 6.29 Å². The van der Waals surface area contributed by atoms with Crippen LogP contribution < -0.4 is 15.1 Å². The number of hydrogen-bond donors (Lipinski definition) is 5. The topological polar surface area (TPSA) is 176 Å². The lowest BCUT2D eigenvalue weighted by Crippen LogP contribution is -2.60. The quantitative estimate of drug-likeness (QED) is 0.259. The highest BCUT2D eigenvalue weighted by molar-refractivity contribution is 6.16. The van der Waals surface area contributed by atoms with Crippen molar-refractivity contribution in [3.63, 3.8) is 0 Å². The Bertz CT molecular complexity index is 1230. The van der Waals surface area contributed by atoms with Gasteiger partial charge in [-0.05, 0) is 18.2 Å². The molecule has 0 bridgehead atoms. The van der Waals surface area contributed by atoms with Crippen molar-refractivity contribution in [2.45, 2.75) is 30.7 Å². The number of aromatic carboxylic acids is 1. The summed E-state index contributed by atoms with van der Waals surface area (Å²) in [6.45, 7) is -0.663. The summed E-state index contributed by atoms with van der Waals surface area (Å²) in [5, 5.41) is 49.6. The van der Waals surface area contributed by atoms with Crippen molar-refractivity contribution in [3.8, 4) is 11.5 Å². The van der Waals surface area contributed by atoms with Crippen molar-refractivity contribution < 1.29 is 49.0 Å². The number of fused-ring (bicyclic) bond motifs is 3. The zero-order chi connectivity index (χ0) is 23.2. The van der Waals surface area contributed by atoms with E-state index in [1.165, 1.54) is 19.2 Å². The fraction of sp³-hybridized carbons (Fsp3) is 0.333. The van der Waals surface area contributed by atoms with Crippen LogP contribution in [0.5, 0.6) is 11.5 Å². The first-order valence-electron chi connectivity index (χ1n) is 9.54. The molecule has 0 amide bonds. The van der Waals surface area contributed by atoms with Crippen LogP contribution in [0.1, 0.15) is 10.4 Å². The van der Waals surface area contributed by atoms with Crippen molar-refractivity contribution in [1.29, 1.82) is 0 Å². The van der Waals surface area contributed by atoms with Gasteiger partial charge in [0.25, 0.3) is 0 Å². The summed E-state index contributed by atoms with van der Waals surface area (Å²) in [5.41, 5.74) is -1.13. The number of carboxylic acid groups (broad SMARTS) is 1. The summed E-state index contributed by atoms with van der Waals surface area (Å²) in [7, 11) is 1.38. The largest absolute Gasteiger partial charge is 0.496 e. The van der Waals surface area contributed by atoms with Gasteiger partial charge in [0, 0.05) is 16.8 Å². The molecule has 0 aliphatic carbocycles. The van der Waals surface area contributed by atoms with E-state index >= 15 is 0 Å². The zero-order valence-corrected chi connectivity index (χ0v) is 16.7. The second kappa shape index (κ2) is 8.37. The Labute approximate surface area is 179 Å². The number of methoxy groups -OCH3 is 1. The summed E-state index contributed by atoms with van der Waals surface area (Å²) < 4.78 is 21.4. The molecule has 2 aromatic carbocycles. The molecule has 1 aliphatic rings. The van der Waals surface area contributed by atoms with Gasteiger partial charge >= 0.3 is 11.6 Å². The van der Waals surface area contributed by atoms with Crippen molar-refractivity contribution in [1.82, 2.24) is 0 Å². The van der Waals surface area contributed by atoms with E-state index in [1.54, 1.807) is 12.1 Å². The van der Waals surface area contributed by atoms with Gasteiger partial charge < -0.3 is 44.2 Å². The normalized spacial score (nSPS) is 25.7. The Morgan fingerprint density at radius 1 is 1.09 bits per heavy atom. The first kappa shape index (κ1) is 22.0. The van der Waals surface area contributed by atoms with E-state index in [9.17, 15) is 35.1 Å². The summed E-state index contributed by atoms with van der Waals surface area (Å²) in [4.78, 5) is 24.5. The third kappa shape index (κ3) is 3.55. The number of carboxylic acids is 1. The minimum atomic E-state index is -1.71. The SMILES string of the molecule is COc1cccc2c(=O)oc3cc(O[C@@H]4O[C@H](CO)[C@@H](O)[C@H](O)[C@H]4O)cc(C(=O)O)c3c12. The molecule has 32 heavy (non-hydrogen) atoms. The average molecular weight is 448 g/mol. The minimum Gasteiger partial charge on any atom is -0.496 e. The molecule has 11 heteroatoms. The number of benzene rings is 2. The van der Waals surface area contributed by atoms with Crippen molar-refractivity contribution in [2.75, 3.05) is 13.7 Å². The molecule has 3 aromatic rings. The predicted octanol–water partition coefficient (Wildman–Crippen LogP) is -0.168. The predicted molar refractivity (Wildman–Crippen MR) is 108 cm³/mol. The molecule has 4 rings (SSSR count). The van der Waals surface area contributed by atoms with E-state index in [1.807, 2.05) is 0 Å². The van der Waals surface area contributed by atoms with Gasteiger partial charge in [-0.15, -0.1) is 0 Å². The molecular weight excluding hydrogens is 428 g/mol. The molecule has 170 valence electrons. The standard InChI is InChI=1S/C21H20O11/c1-29-11-4-2-3-9-14(11)15-10(19(26)27)5-8(6-12(15)31-20(9)28)30-21-18(25)17(24)16(23)13(7-22)32-21/h2-6,13,16-18,21-25H,7H2,1H3,(H,26,27)/t13-,16-,17+,18-,21-/m1/s1. The van der Waals surface area contributed by atoms with E-state index in [2.05, 4.69) is 0 Å². The van der Waals surface area contributed by atoms with Gasteiger partial charge in [-0.2, -0.15) is 0 Å². The van der Waals surface area contributed by atoms with Crippen molar-refractivity contribution in [2.24, 2.45) is 0 Å². The smallest absolute Gasteiger partial charge is 0.344 e. The van der Waals surface area contributed by atoms with Crippen LogP contribution in [0.4, 0.5) is 0 Å².